The van der Waals surface area contributed by atoms with Gasteiger partial charge in [0.2, 0.25) is 5.91 Å². The Morgan fingerprint density at radius 1 is 1.14 bits per heavy atom. The maximum absolute atomic E-state index is 12.0. The van der Waals surface area contributed by atoms with Crippen LogP contribution >= 0.6 is 12.4 Å². The van der Waals surface area contributed by atoms with Crippen molar-refractivity contribution in [1.29, 1.82) is 0 Å². The van der Waals surface area contributed by atoms with Crippen LogP contribution in [0.15, 0.2) is 24.3 Å². The molecule has 0 spiro atoms. The normalized spacial score (nSPS) is 10.1. The summed E-state index contributed by atoms with van der Waals surface area (Å²) in [5, 5.41) is 0. The van der Waals surface area contributed by atoms with Gasteiger partial charge in [-0.05, 0) is 32.1 Å². The predicted octanol–water partition coefficient (Wildman–Crippen LogP) is 2.60. The van der Waals surface area contributed by atoms with Crippen molar-refractivity contribution in [3.63, 3.8) is 0 Å². The van der Waals surface area contributed by atoms with Gasteiger partial charge in [0, 0.05) is 7.05 Å². The van der Waals surface area contributed by atoms with Crippen molar-refractivity contribution in [2.45, 2.75) is 20.8 Å². The van der Waals surface area contributed by atoms with Crippen molar-refractivity contribution in [3.8, 4) is 5.75 Å². The first-order chi connectivity index (χ1) is 9.56. The van der Waals surface area contributed by atoms with Gasteiger partial charge in [0.1, 0.15) is 12.4 Å². The third kappa shape index (κ3) is 7.34. The van der Waals surface area contributed by atoms with Crippen LogP contribution in [0.1, 0.15) is 19.4 Å². The molecule has 0 bridgehead atoms. The highest BCUT2D eigenvalue weighted by atomic mass is 35.5. The minimum Gasteiger partial charge on any atom is -0.492 e. The van der Waals surface area contributed by atoms with Crippen LogP contribution in [-0.2, 0) is 4.79 Å². The highest BCUT2D eigenvalue weighted by molar-refractivity contribution is 5.85. The van der Waals surface area contributed by atoms with Crippen molar-refractivity contribution in [2.24, 2.45) is 0 Å². The van der Waals surface area contributed by atoms with Gasteiger partial charge in [0.15, 0.2) is 0 Å². The number of aryl methyl sites for hydroxylation is 1. The summed E-state index contributed by atoms with van der Waals surface area (Å²) in [6, 6.07) is 7.94. The molecule has 0 saturated carbocycles. The highest BCUT2D eigenvalue weighted by Gasteiger charge is 2.11. The van der Waals surface area contributed by atoms with Crippen molar-refractivity contribution in [2.75, 3.05) is 39.8 Å². The fourth-order valence-electron chi connectivity index (χ4n) is 1.82. The molecule has 0 fully saturated rings. The lowest BCUT2D eigenvalue weighted by molar-refractivity contribution is -0.131. The van der Waals surface area contributed by atoms with E-state index in [4.69, 9.17) is 4.74 Å². The zero-order chi connectivity index (χ0) is 15.0. The van der Waals surface area contributed by atoms with Gasteiger partial charge in [-0.15, -0.1) is 12.4 Å². The third-order valence-electron chi connectivity index (χ3n) is 3.40. The number of carbonyl (C=O) groups excluding carboxylic acids is 1. The predicted molar refractivity (Wildman–Crippen MR) is 89.3 cm³/mol. The highest BCUT2D eigenvalue weighted by Crippen LogP contribution is 2.11. The Balaban J connectivity index is 0.00000400. The molecule has 1 aromatic carbocycles. The average molecular weight is 315 g/mol. The lowest BCUT2D eigenvalue weighted by atomic mass is 10.2. The molecule has 0 unspecified atom stereocenters. The van der Waals surface area contributed by atoms with E-state index in [-0.39, 0.29) is 18.3 Å². The number of nitrogens with zero attached hydrogens (tertiary/aromatic N) is 2. The van der Waals surface area contributed by atoms with Crippen LogP contribution in [-0.4, -0.2) is 55.5 Å². The SMILES string of the molecule is CCN(CC)CC(=O)N(C)CCOc1ccc(C)cc1.Cl. The van der Waals surface area contributed by atoms with E-state index in [9.17, 15) is 4.79 Å². The van der Waals surface area contributed by atoms with Crippen molar-refractivity contribution >= 4 is 18.3 Å². The number of rotatable bonds is 8. The van der Waals surface area contributed by atoms with E-state index in [2.05, 4.69) is 18.7 Å². The molecular formula is C16H27ClN2O2. The lowest BCUT2D eigenvalue weighted by Crippen LogP contribution is -2.39. The molecule has 21 heavy (non-hydrogen) atoms. The fourth-order valence-corrected chi connectivity index (χ4v) is 1.82. The molecule has 0 atom stereocenters. The average Bonchev–Trinajstić information content (AvgIpc) is 2.46. The molecule has 0 radical (unpaired) electrons. The van der Waals surface area contributed by atoms with E-state index in [1.54, 1.807) is 4.90 Å². The number of hydrogen-bond donors (Lipinski definition) is 0. The van der Waals surface area contributed by atoms with Crippen molar-refractivity contribution < 1.29 is 9.53 Å². The molecule has 0 N–H and O–H groups in total. The van der Waals surface area contributed by atoms with E-state index in [1.807, 2.05) is 38.2 Å². The third-order valence-corrected chi connectivity index (χ3v) is 3.40. The van der Waals surface area contributed by atoms with Gasteiger partial charge in [-0.25, -0.2) is 0 Å². The Labute approximate surface area is 134 Å². The summed E-state index contributed by atoms with van der Waals surface area (Å²) in [5.74, 6) is 0.987. The smallest absolute Gasteiger partial charge is 0.236 e. The Morgan fingerprint density at radius 3 is 2.24 bits per heavy atom. The molecule has 5 heteroatoms. The summed E-state index contributed by atoms with van der Waals surface area (Å²) < 4.78 is 5.63. The number of hydrogen-bond acceptors (Lipinski definition) is 3. The molecule has 1 aromatic rings. The molecule has 0 aliphatic rings. The quantitative estimate of drug-likeness (QED) is 0.739. The van der Waals surface area contributed by atoms with E-state index in [0.717, 1.165) is 18.8 Å². The van der Waals surface area contributed by atoms with Gasteiger partial charge < -0.3 is 9.64 Å². The monoisotopic (exact) mass is 314 g/mol. The molecule has 0 saturated heterocycles. The second kappa shape index (κ2) is 10.5. The molecule has 1 rings (SSSR count). The van der Waals surface area contributed by atoms with Crippen LogP contribution in [0.25, 0.3) is 0 Å². The minimum atomic E-state index is 0. The van der Waals surface area contributed by atoms with Crippen LogP contribution in [0.2, 0.25) is 0 Å². The van der Waals surface area contributed by atoms with E-state index in [0.29, 0.717) is 19.7 Å². The summed E-state index contributed by atoms with van der Waals surface area (Å²) >= 11 is 0. The zero-order valence-electron chi connectivity index (χ0n) is 13.5. The minimum absolute atomic E-state index is 0. The van der Waals surface area contributed by atoms with Gasteiger partial charge in [0.05, 0.1) is 13.1 Å². The van der Waals surface area contributed by atoms with E-state index in [1.165, 1.54) is 5.56 Å². The lowest BCUT2D eigenvalue weighted by Gasteiger charge is -2.22. The first-order valence-electron chi connectivity index (χ1n) is 7.22. The maximum atomic E-state index is 12.0. The van der Waals surface area contributed by atoms with E-state index < -0.39 is 0 Å². The molecule has 4 nitrogen and oxygen atoms in total. The van der Waals surface area contributed by atoms with Gasteiger partial charge in [-0.2, -0.15) is 0 Å². The summed E-state index contributed by atoms with van der Waals surface area (Å²) in [5.41, 5.74) is 1.21. The molecule has 120 valence electrons. The van der Waals surface area contributed by atoms with Crippen molar-refractivity contribution in [1.82, 2.24) is 9.80 Å². The first-order valence-corrected chi connectivity index (χ1v) is 7.22. The second-order valence-corrected chi connectivity index (χ2v) is 4.94. The number of likely N-dealkylation sites (N-methyl/N-ethyl adjacent to an activating group) is 2. The fraction of sp³-hybridized carbons (Fsp3) is 0.562. The number of benzene rings is 1. The largest absolute Gasteiger partial charge is 0.492 e. The number of halogens is 1. The number of ether oxygens (including phenoxy) is 1. The summed E-state index contributed by atoms with van der Waals surface area (Å²) in [7, 11) is 1.82. The van der Waals surface area contributed by atoms with Crippen LogP contribution in [0, 0.1) is 6.92 Å². The van der Waals surface area contributed by atoms with Gasteiger partial charge in [-0.1, -0.05) is 31.5 Å². The van der Waals surface area contributed by atoms with Crippen LogP contribution in [0.3, 0.4) is 0 Å². The Kier molecular flexibility index (Phi) is 9.84. The first kappa shape index (κ1) is 19.7. The maximum Gasteiger partial charge on any atom is 0.236 e. The van der Waals surface area contributed by atoms with Crippen LogP contribution in [0.4, 0.5) is 0 Å². The van der Waals surface area contributed by atoms with Crippen LogP contribution in [0.5, 0.6) is 5.75 Å². The molecule has 1 amide bonds. The Bertz CT molecular complexity index is 405. The summed E-state index contributed by atoms with van der Waals surface area (Å²) in [4.78, 5) is 15.8. The van der Waals surface area contributed by atoms with Crippen LogP contribution < -0.4 is 4.74 Å². The van der Waals surface area contributed by atoms with Gasteiger partial charge in [-0.3, -0.25) is 9.69 Å². The standard InChI is InChI=1S/C16H26N2O2.ClH/c1-5-18(6-2)13-16(19)17(4)11-12-20-15-9-7-14(3)8-10-15;/h7-10H,5-6,11-13H2,1-4H3;1H. The van der Waals surface area contributed by atoms with Gasteiger partial charge in [0.25, 0.3) is 0 Å². The van der Waals surface area contributed by atoms with E-state index >= 15 is 0 Å². The topological polar surface area (TPSA) is 32.8 Å². The number of carbonyl (C=O) groups is 1. The number of amides is 1. The summed E-state index contributed by atoms with van der Waals surface area (Å²) in [6.45, 7) is 9.58. The second-order valence-electron chi connectivity index (χ2n) is 4.94. The van der Waals surface area contributed by atoms with Gasteiger partial charge >= 0.3 is 0 Å². The zero-order valence-corrected chi connectivity index (χ0v) is 14.3. The Morgan fingerprint density at radius 2 is 1.71 bits per heavy atom. The molecule has 0 aromatic heterocycles. The molecular weight excluding hydrogens is 288 g/mol. The van der Waals surface area contributed by atoms with Crippen molar-refractivity contribution in [3.05, 3.63) is 29.8 Å². The Hall–Kier alpha value is -1.26. The molecule has 0 aliphatic carbocycles. The summed E-state index contributed by atoms with van der Waals surface area (Å²) in [6.07, 6.45) is 0. The molecule has 0 heterocycles. The molecule has 0 aliphatic heterocycles.